The minimum absolute atomic E-state index is 0.239. The Bertz CT molecular complexity index is 406. The Morgan fingerprint density at radius 2 is 2.16 bits per heavy atom. The van der Waals surface area contributed by atoms with E-state index in [0.717, 1.165) is 19.4 Å². The summed E-state index contributed by atoms with van der Waals surface area (Å²) >= 11 is 1.76. The van der Waals surface area contributed by atoms with E-state index in [1.54, 1.807) is 11.3 Å². The first-order valence-electron chi connectivity index (χ1n) is 7.35. The molecule has 2 saturated heterocycles. The average molecular weight is 278 g/mol. The molecule has 3 heterocycles. The van der Waals surface area contributed by atoms with Crippen LogP contribution in [0.3, 0.4) is 0 Å². The molecule has 19 heavy (non-hydrogen) atoms. The van der Waals surface area contributed by atoms with Crippen molar-refractivity contribution in [1.29, 1.82) is 0 Å². The van der Waals surface area contributed by atoms with Crippen molar-refractivity contribution in [2.24, 2.45) is 5.92 Å². The first-order valence-corrected chi connectivity index (χ1v) is 8.22. The Labute approximate surface area is 118 Å². The monoisotopic (exact) mass is 278 g/mol. The molecular weight excluding hydrogens is 256 g/mol. The molecule has 2 aliphatic heterocycles. The molecule has 1 amide bonds. The van der Waals surface area contributed by atoms with Crippen LogP contribution >= 0.6 is 11.3 Å². The van der Waals surface area contributed by atoms with Gasteiger partial charge in [0.15, 0.2) is 0 Å². The van der Waals surface area contributed by atoms with Gasteiger partial charge in [0.25, 0.3) is 0 Å². The molecule has 0 spiro atoms. The number of carbonyl (C=O) groups is 1. The van der Waals surface area contributed by atoms with E-state index in [1.807, 2.05) is 0 Å². The molecule has 2 fully saturated rings. The van der Waals surface area contributed by atoms with Crippen molar-refractivity contribution in [2.75, 3.05) is 6.54 Å². The van der Waals surface area contributed by atoms with Gasteiger partial charge in [-0.05, 0) is 49.5 Å². The molecule has 3 nitrogen and oxygen atoms in total. The maximum atomic E-state index is 11.9. The fourth-order valence-electron chi connectivity index (χ4n) is 3.46. The zero-order valence-electron chi connectivity index (χ0n) is 11.2. The summed E-state index contributed by atoms with van der Waals surface area (Å²) in [7, 11) is 0. The summed E-state index contributed by atoms with van der Waals surface area (Å²) in [5.41, 5.74) is 0. The lowest BCUT2D eigenvalue weighted by Gasteiger charge is -2.28. The minimum Gasteiger partial charge on any atom is -0.356 e. The highest BCUT2D eigenvalue weighted by Crippen LogP contribution is 2.32. The van der Waals surface area contributed by atoms with Crippen molar-refractivity contribution in [3.8, 4) is 0 Å². The largest absolute Gasteiger partial charge is 0.356 e. The Morgan fingerprint density at radius 1 is 1.37 bits per heavy atom. The summed E-state index contributed by atoms with van der Waals surface area (Å²) in [4.78, 5) is 13.3. The van der Waals surface area contributed by atoms with Gasteiger partial charge in [-0.25, -0.2) is 0 Å². The molecule has 104 valence electrons. The van der Waals surface area contributed by atoms with Gasteiger partial charge in [0.05, 0.1) is 0 Å². The van der Waals surface area contributed by atoms with Crippen molar-refractivity contribution in [2.45, 2.75) is 50.6 Å². The number of rotatable bonds is 5. The summed E-state index contributed by atoms with van der Waals surface area (Å²) in [5, 5.41) is 8.78. The first-order chi connectivity index (χ1) is 9.29. The van der Waals surface area contributed by atoms with Crippen LogP contribution in [0.2, 0.25) is 0 Å². The van der Waals surface area contributed by atoms with E-state index in [0.29, 0.717) is 18.0 Å². The fourth-order valence-corrected chi connectivity index (χ4v) is 4.17. The molecule has 0 saturated carbocycles. The fraction of sp³-hybridized carbons (Fsp3) is 0.667. The first kappa shape index (κ1) is 13.1. The number of fused-ring (bicyclic) bond motifs is 2. The van der Waals surface area contributed by atoms with Crippen molar-refractivity contribution in [1.82, 2.24) is 10.6 Å². The SMILES string of the molecule is O=C(CC1CC2CCC(C1)N2)NCCc1cccs1. The van der Waals surface area contributed by atoms with Crippen LogP contribution in [-0.4, -0.2) is 24.5 Å². The van der Waals surface area contributed by atoms with Crippen molar-refractivity contribution in [3.05, 3.63) is 22.4 Å². The highest BCUT2D eigenvalue weighted by Gasteiger charge is 2.33. The number of hydrogen-bond acceptors (Lipinski definition) is 3. The summed E-state index contributed by atoms with van der Waals surface area (Å²) in [6.45, 7) is 0.775. The Balaban J connectivity index is 1.37. The minimum atomic E-state index is 0.239. The van der Waals surface area contributed by atoms with Gasteiger partial charge in [0.1, 0.15) is 0 Å². The van der Waals surface area contributed by atoms with E-state index >= 15 is 0 Å². The third-order valence-corrected chi connectivity index (χ3v) is 5.25. The van der Waals surface area contributed by atoms with Crippen molar-refractivity contribution < 1.29 is 4.79 Å². The number of piperidine rings is 1. The lowest BCUT2D eigenvalue weighted by atomic mass is 9.89. The lowest BCUT2D eigenvalue weighted by molar-refractivity contribution is -0.122. The van der Waals surface area contributed by atoms with E-state index in [1.165, 1.54) is 30.6 Å². The van der Waals surface area contributed by atoms with Crippen molar-refractivity contribution in [3.63, 3.8) is 0 Å². The molecule has 0 aromatic carbocycles. The van der Waals surface area contributed by atoms with Gasteiger partial charge in [-0.15, -0.1) is 11.3 Å². The number of carbonyl (C=O) groups excluding carboxylic acids is 1. The second kappa shape index (κ2) is 6.06. The van der Waals surface area contributed by atoms with E-state index in [9.17, 15) is 4.79 Å². The zero-order chi connectivity index (χ0) is 13.1. The van der Waals surface area contributed by atoms with Crippen LogP contribution in [0.15, 0.2) is 17.5 Å². The molecule has 1 aromatic heterocycles. The highest BCUT2D eigenvalue weighted by molar-refractivity contribution is 7.09. The normalized spacial score (nSPS) is 29.4. The molecule has 4 heteroatoms. The smallest absolute Gasteiger partial charge is 0.220 e. The van der Waals surface area contributed by atoms with Gasteiger partial charge in [-0.2, -0.15) is 0 Å². The lowest BCUT2D eigenvalue weighted by Crippen LogP contribution is -2.39. The zero-order valence-corrected chi connectivity index (χ0v) is 12.0. The average Bonchev–Trinajstić information content (AvgIpc) is 2.99. The summed E-state index contributed by atoms with van der Waals surface area (Å²) < 4.78 is 0. The Hall–Kier alpha value is -0.870. The Kier molecular flexibility index (Phi) is 4.18. The number of nitrogens with one attached hydrogen (secondary N) is 2. The number of hydrogen-bond donors (Lipinski definition) is 2. The van der Waals surface area contributed by atoms with Crippen LogP contribution in [0.5, 0.6) is 0 Å². The summed E-state index contributed by atoms with van der Waals surface area (Å²) in [6, 6.07) is 5.55. The van der Waals surface area contributed by atoms with Crippen LogP contribution in [0.4, 0.5) is 0 Å². The summed E-state index contributed by atoms with van der Waals surface area (Å²) in [6.07, 6.45) is 6.67. The number of thiophene rings is 1. The topological polar surface area (TPSA) is 41.1 Å². The maximum Gasteiger partial charge on any atom is 0.220 e. The molecule has 2 unspecified atom stereocenters. The van der Waals surface area contributed by atoms with Gasteiger partial charge in [0.2, 0.25) is 5.91 Å². The van der Waals surface area contributed by atoms with Crippen LogP contribution in [0.25, 0.3) is 0 Å². The molecule has 2 aliphatic rings. The molecule has 2 bridgehead atoms. The van der Waals surface area contributed by atoms with E-state index in [-0.39, 0.29) is 5.91 Å². The standard InChI is InChI=1S/C15H22N2OS/c18-15(16-6-5-14-2-1-7-19-14)10-11-8-12-3-4-13(9-11)17-12/h1-2,7,11-13,17H,3-6,8-10H2,(H,16,18). The van der Waals surface area contributed by atoms with E-state index in [2.05, 4.69) is 28.1 Å². The molecule has 3 rings (SSSR count). The molecule has 2 N–H and O–H groups in total. The molecular formula is C15H22N2OS. The molecule has 0 radical (unpaired) electrons. The predicted octanol–water partition coefficient (Wildman–Crippen LogP) is 2.33. The van der Waals surface area contributed by atoms with Gasteiger partial charge in [-0.1, -0.05) is 6.07 Å². The van der Waals surface area contributed by atoms with Gasteiger partial charge < -0.3 is 10.6 Å². The van der Waals surface area contributed by atoms with Crippen LogP contribution in [0.1, 0.15) is 37.0 Å². The number of amides is 1. The van der Waals surface area contributed by atoms with E-state index in [4.69, 9.17) is 0 Å². The van der Waals surface area contributed by atoms with E-state index < -0.39 is 0 Å². The molecule has 2 atom stereocenters. The third-order valence-electron chi connectivity index (χ3n) is 4.32. The third kappa shape index (κ3) is 3.57. The molecule has 0 aliphatic carbocycles. The molecule has 1 aromatic rings. The quantitative estimate of drug-likeness (QED) is 0.868. The van der Waals surface area contributed by atoms with Crippen LogP contribution < -0.4 is 10.6 Å². The second-order valence-corrected chi connectivity index (χ2v) is 6.89. The van der Waals surface area contributed by atoms with Gasteiger partial charge in [-0.3, -0.25) is 4.79 Å². The second-order valence-electron chi connectivity index (χ2n) is 5.86. The highest BCUT2D eigenvalue weighted by atomic mass is 32.1. The Morgan fingerprint density at radius 3 is 2.84 bits per heavy atom. The van der Waals surface area contributed by atoms with Gasteiger partial charge >= 0.3 is 0 Å². The van der Waals surface area contributed by atoms with Crippen LogP contribution in [0, 0.1) is 5.92 Å². The van der Waals surface area contributed by atoms with Crippen molar-refractivity contribution >= 4 is 17.2 Å². The maximum absolute atomic E-state index is 11.9. The van der Waals surface area contributed by atoms with Gasteiger partial charge in [0, 0.05) is 29.9 Å². The predicted molar refractivity (Wildman–Crippen MR) is 78.3 cm³/mol. The van der Waals surface area contributed by atoms with Crippen LogP contribution in [-0.2, 0) is 11.2 Å². The summed E-state index contributed by atoms with van der Waals surface area (Å²) in [5.74, 6) is 0.836.